The molecule has 0 fully saturated rings. The first kappa shape index (κ1) is 19.6. The number of hydrazine groups is 1. The maximum absolute atomic E-state index is 12.3. The molecule has 0 aliphatic carbocycles. The lowest BCUT2D eigenvalue weighted by Gasteiger charge is -2.10. The standard InChI is InChI=1S/C19H17N3O4S2/c1-2-25-18(24)13-11-15(12-7-4-3-5-8-12)28-17(13)20-19(27)22-21-16(23)14-9-6-10-26-14/h3-11H,2H2,1H3,(H,21,23)(H2,20,22,27). The Kier molecular flexibility index (Phi) is 6.41. The van der Waals surface area contributed by atoms with Crippen LogP contribution in [0.15, 0.2) is 59.2 Å². The van der Waals surface area contributed by atoms with E-state index >= 15 is 0 Å². The number of ether oxygens (including phenoxy) is 1. The summed E-state index contributed by atoms with van der Waals surface area (Å²) in [6.07, 6.45) is 1.40. The Morgan fingerprint density at radius 1 is 1.14 bits per heavy atom. The van der Waals surface area contributed by atoms with Gasteiger partial charge in [-0.25, -0.2) is 4.79 Å². The molecule has 0 spiro atoms. The van der Waals surface area contributed by atoms with Crippen LogP contribution >= 0.6 is 23.6 Å². The number of rotatable bonds is 5. The fourth-order valence-corrected chi connectivity index (χ4v) is 3.58. The smallest absolute Gasteiger partial charge is 0.341 e. The van der Waals surface area contributed by atoms with Gasteiger partial charge in [0.15, 0.2) is 10.9 Å². The van der Waals surface area contributed by atoms with E-state index in [1.165, 1.54) is 23.7 Å². The van der Waals surface area contributed by atoms with E-state index < -0.39 is 11.9 Å². The molecule has 3 aromatic rings. The highest BCUT2D eigenvalue weighted by Gasteiger charge is 2.19. The van der Waals surface area contributed by atoms with Gasteiger partial charge in [0.2, 0.25) is 0 Å². The largest absolute Gasteiger partial charge is 0.462 e. The number of benzene rings is 1. The number of esters is 1. The van der Waals surface area contributed by atoms with Gasteiger partial charge >= 0.3 is 11.9 Å². The van der Waals surface area contributed by atoms with Crippen LogP contribution in [-0.2, 0) is 4.74 Å². The quantitative estimate of drug-likeness (QED) is 0.331. The normalized spacial score (nSPS) is 10.2. The molecule has 7 nitrogen and oxygen atoms in total. The molecule has 144 valence electrons. The third-order valence-electron chi connectivity index (χ3n) is 3.55. The second-order valence-corrected chi connectivity index (χ2v) is 6.91. The first-order chi connectivity index (χ1) is 13.6. The van der Waals surface area contributed by atoms with Crippen molar-refractivity contribution in [1.82, 2.24) is 10.9 Å². The van der Waals surface area contributed by atoms with Crippen LogP contribution in [0.1, 0.15) is 27.8 Å². The minimum Gasteiger partial charge on any atom is -0.462 e. The van der Waals surface area contributed by atoms with Crippen molar-refractivity contribution in [3.63, 3.8) is 0 Å². The molecular formula is C19H17N3O4S2. The second kappa shape index (κ2) is 9.16. The fraction of sp³-hybridized carbons (Fsp3) is 0.105. The molecule has 0 aliphatic rings. The van der Waals surface area contributed by atoms with Crippen molar-refractivity contribution in [2.24, 2.45) is 0 Å². The van der Waals surface area contributed by atoms with E-state index in [1.54, 1.807) is 19.1 Å². The van der Waals surface area contributed by atoms with E-state index in [4.69, 9.17) is 21.4 Å². The molecule has 1 amide bonds. The van der Waals surface area contributed by atoms with E-state index in [9.17, 15) is 9.59 Å². The van der Waals surface area contributed by atoms with E-state index in [1.807, 2.05) is 30.3 Å². The van der Waals surface area contributed by atoms with Gasteiger partial charge in [-0.05, 0) is 42.9 Å². The monoisotopic (exact) mass is 415 g/mol. The predicted molar refractivity (Wildman–Crippen MR) is 111 cm³/mol. The molecule has 0 saturated carbocycles. The molecule has 3 N–H and O–H groups in total. The lowest BCUT2D eigenvalue weighted by atomic mass is 10.1. The van der Waals surface area contributed by atoms with E-state index in [0.717, 1.165) is 10.4 Å². The summed E-state index contributed by atoms with van der Waals surface area (Å²) in [5.74, 6) is -0.785. The first-order valence-corrected chi connectivity index (χ1v) is 9.58. The number of anilines is 1. The third kappa shape index (κ3) is 4.76. The zero-order valence-electron chi connectivity index (χ0n) is 14.9. The summed E-state index contributed by atoms with van der Waals surface area (Å²) in [6.45, 7) is 2.00. The highest BCUT2D eigenvalue weighted by molar-refractivity contribution is 7.80. The van der Waals surface area contributed by atoms with Crippen LogP contribution in [0.3, 0.4) is 0 Å². The Hall–Kier alpha value is -3.17. The number of thiocarbonyl (C=S) groups is 1. The van der Waals surface area contributed by atoms with E-state index in [0.29, 0.717) is 10.6 Å². The van der Waals surface area contributed by atoms with Crippen LogP contribution in [0.25, 0.3) is 10.4 Å². The van der Waals surface area contributed by atoms with Crippen LogP contribution in [-0.4, -0.2) is 23.6 Å². The Balaban J connectivity index is 1.73. The van der Waals surface area contributed by atoms with Crippen LogP contribution in [0.4, 0.5) is 5.00 Å². The highest BCUT2D eigenvalue weighted by atomic mass is 32.1. The predicted octanol–water partition coefficient (Wildman–Crippen LogP) is 3.82. The molecule has 28 heavy (non-hydrogen) atoms. The summed E-state index contributed by atoms with van der Waals surface area (Å²) in [7, 11) is 0. The van der Waals surface area contributed by atoms with Gasteiger partial charge in [-0.15, -0.1) is 11.3 Å². The second-order valence-electron chi connectivity index (χ2n) is 5.45. The minimum absolute atomic E-state index is 0.118. The Morgan fingerprint density at radius 2 is 1.93 bits per heavy atom. The minimum atomic E-state index is -0.476. The van der Waals surface area contributed by atoms with Crippen LogP contribution in [0.2, 0.25) is 0 Å². The Morgan fingerprint density at radius 3 is 2.61 bits per heavy atom. The van der Waals surface area contributed by atoms with Crippen molar-refractivity contribution < 1.29 is 18.7 Å². The van der Waals surface area contributed by atoms with Gasteiger partial charge in [-0.3, -0.25) is 15.6 Å². The molecule has 0 aliphatic heterocycles. The molecule has 1 aromatic carbocycles. The molecule has 0 radical (unpaired) electrons. The van der Waals surface area contributed by atoms with Gasteiger partial charge < -0.3 is 14.5 Å². The molecule has 0 saturated heterocycles. The average Bonchev–Trinajstić information content (AvgIpc) is 3.37. The molecule has 3 rings (SSSR count). The zero-order valence-corrected chi connectivity index (χ0v) is 16.5. The fourth-order valence-electron chi connectivity index (χ4n) is 2.31. The number of hydrogen-bond acceptors (Lipinski definition) is 6. The van der Waals surface area contributed by atoms with Crippen molar-refractivity contribution in [3.8, 4) is 10.4 Å². The lowest BCUT2D eigenvalue weighted by Crippen LogP contribution is -2.43. The van der Waals surface area contributed by atoms with E-state index in [2.05, 4.69) is 16.2 Å². The number of amides is 1. The van der Waals surface area contributed by atoms with Gasteiger partial charge in [0.05, 0.1) is 18.4 Å². The molecule has 9 heteroatoms. The van der Waals surface area contributed by atoms with Gasteiger partial charge in [0.25, 0.3) is 0 Å². The summed E-state index contributed by atoms with van der Waals surface area (Å²) in [4.78, 5) is 25.1. The number of thiophene rings is 1. The summed E-state index contributed by atoms with van der Waals surface area (Å²) in [5.41, 5.74) is 6.34. The van der Waals surface area contributed by atoms with Crippen LogP contribution < -0.4 is 16.2 Å². The number of carbonyl (C=O) groups excluding carboxylic acids is 2. The average molecular weight is 415 g/mol. The molecule has 2 aromatic heterocycles. The number of nitrogens with one attached hydrogen (secondary N) is 3. The first-order valence-electron chi connectivity index (χ1n) is 8.35. The molecule has 0 unspecified atom stereocenters. The molecule has 0 bridgehead atoms. The van der Waals surface area contributed by atoms with E-state index in [-0.39, 0.29) is 17.5 Å². The van der Waals surface area contributed by atoms with Gasteiger partial charge in [0.1, 0.15) is 5.00 Å². The Labute approximate surface area is 170 Å². The number of hydrogen-bond donors (Lipinski definition) is 3. The molecular weight excluding hydrogens is 398 g/mol. The van der Waals surface area contributed by atoms with Crippen molar-refractivity contribution >= 4 is 45.5 Å². The molecule has 2 heterocycles. The topological polar surface area (TPSA) is 92.6 Å². The van der Waals surface area contributed by atoms with Crippen molar-refractivity contribution in [1.29, 1.82) is 0 Å². The lowest BCUT2D eigenvalue weighted by molar-refractivity contribution is 0.0528. The summed E-state index contributed by atoms with van der Waals surface area (Å²) >= 11 is 6.56. The SMILES string of the molecule is CCOC(=O)c1cc(-c2ccccc2)sc1NC(=S)NNC(=O)c1ccco1. The van der Waals surface area contributed by atoms with Gasteiger partial charge in [-0.1, -0.05) is 30.3 Å². The summed E-state index contributed by atoms with van der Waals surface area (Å²) in [6, 6.07) is 14.5. The maximum Gasteiger partial charge on any atom is 0.341 e. The maximum atomic E-state index is 12.3. The van der Waals surface area contributed by atoms with Crippen molar-refractivity contribution in [2.45, 2.75) is 6.92 Å². The van der Waals surface area contributed by atoms with Crippen LogP contribution in [0.5, 0.6) is 0 Å². The van der Waals surface area contributed by atoms with Gasteiger partial charge in [-0.2, -0.15) is 0 Å². The number of carbonyl (C=O) groups is 2. The molecule has 0 atom stereocenters. The van der Waals surface area contributed by atoms with Crippen molar-refractivity contribution in [3.05, 3.63) is 66.1 Å². The number of furan rings is 1. The zero-order chi connectivity index (χ0) is 19.9. The highest BCUT2D eigenvalue weighted by Crippen LogP contribution is 2.35. The van der Waals surface area contributed by atoms with Crippen molar-refractivity contribution in [2.75, 3.05) is 11.9 Å². The summed E-state index contributed by atoms with van der Waals surface area (Å²) < 4.78 is 10.1. The van der Waals surface area contributed by atoms with Crippen LogP contribution in [0, 0.1) is 0 Å². The third-order valence-corrected chi connectivity index (χ3v) is 4.85. The Bertz CT molecular complexity index is 968. The summed E-state index contributed by atoms with van der Waals surface area (Å²) in [5, 5.41) is 3.57. The van der Waals surface area contributed by atoms with Gasteiger partial charge in [0, 0.05) is 4.88 Å².